The zero-order valence-electron chi connectivity index (χ0n) is 15.3. The first kappa shape index (κ1) is 18.3. The molecule has 2 aromatic heterocycles. The molecule has 0 bridgehead atoms. The molecule has 2 N–H and O–H groups in total. The van der Waals surface area contributed by atoms with Crippen LogP contribution in [0.5, 0.6) is 0 Å². The number of fused-ring (bicyclic) bond motifs is 1. The fraction of sp³-hybridized carbons (Fsp3) is 0.333. The molecule has 0 saturated carbocycles. The SMILES string of the molecule is CN=S1(=O)N[C@@H](C(C)C)C=Cc2c1cn(C)c2C(=O)Nc1ccncc1. The van der Waals surface area contributed by atoms with Gasteiger partial charge in [-0.05, 0) is 18.1 Å². The Morgan fingerprint density at radius 2 is 2.08 bits per heavy atom. The molecule has 7 nitrogen and oxygen atoms in total. The van der Waals surface area contributed by atoms with Crippen molar-refractivity contribution in [2.75, 3.05) is 12.4 Å². The van der Waals surface area contributed by atoms with Gasteiger partial charge < -0.3 is 9.88 Å². The number of aryl methyl sites for hydroxylation is 1. The fourth-order valence-corrected chi connectivity index (χ4v) is 4.82. The summed E-state index contributed by atoms with van der Waals surface area (Å²) in [6.07, 6.45) is 8.75. The molecule has 0 spiro atoms. The number of aromatic nitrogens is 2. The van der Waals surface area contributed by atoms with Crippen molar-refractivity contribution in [2.45, 2.75) is 24.8 Å². The summed E-state index contributed by atoms with van der Waals surface area (Å²) in [7, 11) is 0.472. The van der Waals surface area contributed by atoms with Gasteiger partial charge in [0.2, 0.25) is 0 Å². The first-order chi connectivity index (χ1) is 12.4. The van der Waals surface area contributed by atoms with Gasteiger partial charge >= 0.3 is 0 Å². The molecule has 0 saturated heterocycles. The highest BCUT2D eigenvalue weighted by atomic mass is 32.2. The molecule has 1 amide bonds. The average Bonchev–Trinajstić information content (AvgIpc) is 2.88. The van der Waals surface area contributed by atoms with E-state index in [1.807, 2.05) is 26.0 Å². The van der Waals surface area contributed by atoms with Crippen LogP contribution < -0.4 is 10.0 Å². The van der Waals surface area contributed by atoms with Crippen molar-refractivity contribution >= 4 is 27.6 Å². The van der Waals surface area contributed by atoms with Crippen LogP contribution in [0.25, 0.3) is 6.08 Å². The quantitative estimate of drug-likeness (QED) is 0.867. The van der Waals surface area contributed by atoms with Gasteiger partial charge in [0.05, 0.1) is 4.90 Å². The summed E-state index contributed by atoms with van der Waals surface area (Å²) in [6, 6.07) is 3.34. The summed E-state index contributed by atoms with van der Waals surface area (Å²) >= 11 is 0. The van der Waals surface area contributed by atoms with Gasteiger partial charge in [-0.25, -0.2) is 13.3 Å². The largest absolute Gasteiger partial charge is 0.345 e. The van der Waals surface area contributed by atoms with Crippen molar-refractivity contribution in [3.8, 4) is 0 Å². The number of anilines is 1. The van der Waals surface area contributed by atoms with Crippen LogP contribution in [-0.4, -0.2) is 32.8 Å². The van der Waals surface area contributed by atoms with Gasteiger partial charge in [0.1, 0.15) is 15.6 Å². The second kappa shape index (κ2) is 7.05. The van der Waals surface area contributed by atoms with Gasteiger partial charge in [-0.2, -0.15) is 0 Å². The number of nitrogens with zero attached hydrogens (tertiary/aromatic N) is 3. The molecule has 3 heterocycles. The molecule has 1 unspecified atom stereocenters. The Labute approximate surface area is 153 Å². The minimum absolute atomic E-state index is 0.0972. The number of carbonyl (C=O) groups is 1. The van der Waals surface area contributed by atoms with E-state index in [4.69, 9.17) is 0 Å². The van der Waals surface area contributed by atoms with Gasteiger partial charge in [0.15, 0.2) is 0 Å². The van der Waals surface area contributed by atoms with E-state index in [9.17, 15) is 9.00 Å². The first-order valence-corrected chi connectivity index (χ1v) is 9.88. The lowest BCUT2D eigenvalue weighted by molar-refractivity contribution is 0.101. The second-order valence-corrected chi connectivity index (χ2v) is 8.60. The van der Waals surface area contributed by atoms with E-state index in [-0.39, 0.29) is 17.9 Å². The Balaban J connectivity index is 2.09. The lowest BCUT2D eigenvalue weighted by Gasteiger charge is -2.19. The number of hydrogen-bond donors (Lipinski definition) is 2. The Morgan fingerprint density at radius 3 is 2.69 bits per heavy atom. The molecule has 138 valence electrons. The number of rotatable bonds is 3. The predicted molar refractivity (Wildman–Crippen MR) is 103 cm³/mol. The topological polar surface area (TPSA) is 88.4 Å². The highest BCUT2D eigenvalue weighted by Crippen LogP contribution is 2.29. The molecule has 2 aromatic rings. The highest BCUT2D eigenvalue weighted by Gasteiger charge is 2.29. The monoisotopic (exact) mass is 373 g/mol. The molecular weight excluding hydrogens is 350 g/mol. The third-order valence-corrected chi connectivity index (χ3v) is 6.40. The summed E-state index contributed by atoms with van der Waals surface area (Å²) in [5, 5.41) is 2.86. The lowest BCUT2D eigenvalue weighted by Crippen LogP contribution is -2.36. The Hall–Kier alpha value is -2.45. The van der Waals surface area contributed by atoms with Crippen LogP contribution in [0.1, 0.15) is 29.9 Å². The molecule has 8 heteroatoms. The van der Waals surface area contributed by atoms with E-state index < -0.39 is 9.92 Å². The van der Waals surface area contributed by atoms with Crippen LogP contribution >= 0.6 is 0 Å². The summed E-state index contributed by atoms with van der Waals surface area (Å²) in [6.45, 7) is 4.09. The third-order valence-electron chi connectivity index (χ3n) is 4.38. The first-order valence-electron chi connectivity index (χ1n) is 8.37. The molecule has 3 rings (SSSR count). The van der Waals surface area contributed by atoms with Gasteiger partial charge in [-0.3, -0.25) is 9.78 Å². The molecule has 1 aliphatic rings. The lowest BCUT2D eigenvalue weighted by atomic mass is 10.0. The smallest absolute Gasteiger partial charge is 0.272 e. The van der Waals surface area contributed by atoms with Gasteiger partial charge in [0, 0.05) is 50.0 Å². The van der Waals surface area contributed by atoms with Crippen LogP contribution in [0.4, 0.5) is 5.69 Å². The maximum absolute atomic E-state index is 13.4. The number of pyridine rings is 1. The standard InChI is InChI=1S/C18H23N5O2S/c1-12(2)15-6-5-14-16(26(25,19-3)22-15)11-23(4)17(14)18(24)21-13-7-9-20-10-8-13/h5-12,15H,1-4H3,(H,19,22,25)(H,20,21,24)/t15-,26?/m1/s1. The van der Waals surface area contributed by atoms with Crippen molar-refractivity contribution in [3.63, 3.8) is 0 Å². The van der Waals surface area contributed by atoms with Crippen LogP contribution in [0, 0.1) is 5.92 Å². The predicted octanol–water partition coefficient (Wildman–Crippen LogP) is 2.69. The molecule has 0 radical (unpaired) electrons. The minimum atomic E-state index is -2.82. The highest BCUT2D eigenvalue weighted by molar-refractivity contribution is 7.91. The summed E-state index contributed by atoms with van der Waals surface area (Å²) in [4.78, 5) is 17.3. The van der Waals surface area contributed by atoms with Crippen molar-refractivity contribution in [1.29, 1.82) is 0 Å². The Bertz CT molecular complexity index is 969. The van der Waals surface area contributed by atoms with E-state index in [1.54, 1.807) is 42.3 Å². The molecule has 0 aliphatic carbocycles. The maximum atomic E-state index is 13.4. The summed E-state index contributed by atoms with van der Waals surface area (Å²) in [5.74, 6) is -0.0360. The minimum Gasteiger partial charge on any atom is -0.345 e. The molecule has 26 heavy (non-hydrogen) atoms. The van der Waals surface area contributed by atoms with Crippen molar-refractivity contribution < 1.29 is 9.00 Å². The zero-order chi connectivity index (χ0) is 18.9. The Morgan fingerprint density at radius 1 is 1.38 bits per heavy atom. The van der Waals surface area contributed by atoms with E-state index in [1.165, 1.54) is 7.05 Å². The number of hydrogen-bond acceptors (Lipinski definition) is 4. The fourth-order valence-electron chi connectivity index (χ4n) is 2.90. The van der Waals surface area contributed by atoms with E-state index in [2.05, 4.69) is 19.4 Å². The molecule has 0 fully saturated rings. The van der Waals surface area contributed by atoms with Gasteiger partial charge in [0.25, 0.3) is 5.91 Å². The van der Waals surface area contributed by atoms with Gasteiger partial charge in [-0.15, -0.1) is 0 Å². The average molecular weight is 373 g/mol. The zero-order valence-corrected chi connectivity index (χ0v) is 16.1. The number of amides is 1. The maximum Gasteiger partial charge on any atom is 0.272 e. The normalized spacial score (nSPS) is 22.0. The molecule has 2 atom stereocenters. The van der Waals surface area contributed by atoms with Crippen LogP contribution in [0.3, 0.4) is 0 Å². The van der Waals surface area contributed by atoms with Crippen LogP contribution in [-0.2, 0) is 17.0 Å². The van der Waals surface area contributed by atoms with Crippen LogP contribution in [0.15, 0.2) is 46.1 Å². The van der Waals surface area contributed by atoms with Crippen molar-refractivity contribution in [1.82, 2.24) is 14.3 Å². The summed E-state index contributed by atoms with van der Waals surface area (Å²) < 4.78 is 22.4. The van der Waals surface area contributed by atoms with Crippen molar-refractivity contribution in [3.05, 3.63) is 48.1 Å². The van der Waals surface area contributed by atoms with E-state index in [0.717, 1.165) is 0 Å². The molecule has 0 aromatic carbocycles. The van der Waals surface area contributed by atoms with E-state index >= 15 is 0 Å². The Kier molecular flexibility index (Phi) is 4.97. The van der Waals surface area contributed by atoms with E-state index in [0.29, 0.717) is 21.8 Å². The van der Waals surface area contributed by atoms with Crippen LogP contribution in [0.2, 0.25) is 0 Å². The molecular formula is C18H23N5O2S. The van der Waals surface area contributed by atoms with Crippen molar-refractivity contribution in [2.24, 2.45) is 17.3 Å². The third kappa shape index (κ3) is 3.30. The number of nitrogens with one attached hydrogen (secondary N) is 2. The number of carbonyl (C=O) groups excluding carboxylic acids is 1. The summed E-state index contributed by atoms with van der Waals surface area (Å²) in [5.41, 5.74) is 1.72. The second-order valence-electron chi connectivity index (χ2n) is 6.51. The molecule has 1 aliphatic heterocycles. The van der Waals surface area contributed by atoms with Gasteiger partial charge in [-0.1, -0.05) is 26.0 Å².